The molecule has 7 nitrogen and oxygen atoms in total. The highest BCUT2D eigenvalue weighted by atomic mass is 16.5. The zero-order valence-electron chi connectivity index (χ0n) is 11.5. The van der Waals surface area contributed by atoms with Gasteiger partial charge in [-0.3, -0.25) is 10.1 Å². The van der Waals surface area contributed by atoms with E-state index in [-0.39, 0.29) is 18.5 Å². The summed E-state index contributed by atoms with van der Waals surface area (Å²) in [6.45, 7) is 4.55. The topological polar surface area (TPSA) is 81.9 Å². The van der Waals surface area contributed by atoms with Gasteiger partial charge in [-0.2, -0.15) is 4.80 Å². The van der Waals surface area contributed by atoms with Gasteiger partial charge in [0.15, 0.2) is 6.61 Å². The molecule has 2 rings (SSSR count). The summed E-state index contributed by atoms with van der Waals surface area (Å²) in [5.41, 5.74) is 1.08. The van der Waals surface area contributed by atoms with Crippen LogP contribution < -0.4 is 10.1 Å². The summed E-state index contributed by atoms with van der Waals surface area (Å²) in [7, 11) is 0. The van der Waals surface area contributed by atoms with Crippen LogP contribution in [0.4, 0.5) is 5.95 Å². The van der Waals surface area contributed by atoms with Crippen molar-refractivity contribution in [2.45, 2.75) is 26.8 Å². The van der Waals surface area contributed by atoms with Gasteiger partial charge in [0.25, 0.3) is 11.9 Å². The fourth-order valence-electron chi connectivity index (χ4n) is 1.60. The van der Waals surface area contributed by atoms with Crippen LogP contribution in [0.1, 0.15) is 18.9 Å². The van der Waals surface area contributed by atoms with E-state index in [1.54, 1.807) is 6.07 Å². The van der Waals surface area contributed by atoms with Crippen molar-refractivity contribution in [2.24, 2.45) is 0 Å². The number of nitrogens with zero attached hydrogens (tertiary/aromatic N) is 4. The van der Waals surface area contributed by atoms with Crippen molar-refractivity contribution in [3.05, 3.63) is 29.8 Å². The molecule has 0 bridgehead atoms. The van der Waals surface area contributed by atoms with Crippen LogP contribution >= 0.6 is 0 Å². The molecule has 106 valence electrons. The first-order chi connectivity index (χ1) is 9.67. The van der Waals surface area contributed by atoms with E-state index in [2.05, 4.69) is 20.7 Å². The molecule has 20 heavy (non-hydrogen) atoms. The van der Waals surface area contributed by atoms with Crippen molar-refractivity contribution in [1.29, 1.82) is 0 Å². The molecule has 0 spiro atoms. The molecule has 1 aromatic carbocycles. The van der Waals surface area contributed by atoms with Gasteiger partial charge in [-0.15, -0.1) is 5.10 Å². The lowest BCUT2D eigenvalue weighted by Crippen LogP contribution is -2.21. The number of hydrogen-bond acceptors (Lipinski definition) is 5. The molecule has 0 saturated carbocycles. The van der Waals surface area contributed by atoms with Crippen LogP contribution in [0.5, 0.6) is 5.75 Å². The maximum Gasteiger partial charge on any atom is 0.270 e. The number of rotatable bonds is 6. The third kappa shape index (κ3) is 4.04. The maximum atomic E-state index is 11.7. The first kappa shape index (κ1) is 14.0. The summed E-state index contributed by atoms with van der Waals surface area (Å²) in [6, 6.07) is 7.50. The van der Waals surface area contributed by atoms with Gasteiger partial charge in [-0.25, -0.2) is 0 Å². The van der Waals surface area contributed by atoms with Gasteiger partial charge in [0.05, 0.1) is 6.54 Å². The lowest BCUT2D eigenvalue weighted by molar-refractivity contribution is -0.118. The van der Waals surface area contributed by atoms with E-state index in [0.717, 1.165) is 12.0 Å². The summed E-state index contributed by atoms with van der Waals surface area (Å²) >= 11 is 0. The largest absolute Gasteiger partial charge is 0.484 e. The van der Waals surface area contributed by atoms with Gasteiger partial charge in [-0.1, -0.05) is 24.2 Å². The Morgan fingerprint density at radius 3 is 3.05 bits per heavy atom. The Kier molecular flexibility index (Phi) is 4.65. The number of ether oxygens (including phenoxy) is 1. The lowest BCUT2D eigenvalue weighted by Gasteiger charge is -2.05. The second kappa shape index (κ2) is 6.65. The molecular formula is C13H17N5O2. The third-order valence-electron chi connectivity index (χ3n) is 2.49. The van der Waals surface area contributed by atoms with Crippen LogP contribution in [0.3, 0.4) is 0 Å². The molecule has 7 heteroatoms. The molecule has 1 aromatic heterocycles. The molecular weight excluding hydrogens is 258 g/mol. The Balaban J connectivity index is 1.82. The maximum absolute atomic E-state index is 11.7. The molecule has 1 heterocycles. The third-order valence-corrected chi connectivity index (χ3v) is 2.49. The second-order valence-electron chi connectivity index (χ2n) is 4.36. The normalized spacial score (nSPS) is 10.3. The second-order valence-corrected chi connectivity index (χ2v) is 4.36. The number of nitrogens with one attached hydrogen (secondary N) is 1. The van der Waals surface area contributed by atoms with Crippen molar-refractivity contribution in [3.8, 4) is 5.75 Å². The van der Waals surface area contributed by atoms with Gasteiger partial charge in [-0.05, 0) is 36.3 Å². The predicted octanol–water partition coefficient (Wildman–Crippen LogP) is 1.41. The Bertz CT molecular complexity index is 582. The Labute approximate surface area is 116 Å². The minimum absolute atomic E-state index is 0.0915. The number of tetrazole rings is 1. The fourth-order valence-corrected chi connectivity index (χ4v) is 1.60. The number of carbonyl (C=O) groups is 1. The SMILES string of the molecule is CCCn1nnc(NC(=O)COc2cccc(C)c2)n1. The Morgan fingerprint density at radius 2 is 2.30 bits per heavy atom. The van der Waals surface area contributed by atoms with E-state index in [1.165, 1.54) is 4.80 Å². The van der Waals surface area contributed by atoms with Gasteiger partial charge >= 0.3 is 0 Å². The van der Waals surface area contributed by atoms with Crippen LogP contribution in [0.25, 0.3) is 0 Å². The molecule has 0 aliphatic rings. The molecule has 1 N–H and O–H groups in total. The van der Waals surface area contributed by atoms with Crippen molar-refractivity contribution in [3.63, 3.8) is 0 Å². The highest BCUT2D eigenvalue weighted by molar-refractivity contribution is 5.90. The standard InChI is InChI=1S/C13H17N5O2/c1-3-7-18-16-13(15-17-18)14-12(19)9-20-11-6-4-5-10(2)8-11/h4-6,8H,3,7,9H2,1-2H3,(H,14,16,19). The van der Waals surface area contributed by atoms with E-state index in [1.807, 2.05) is 32.0 Å². The average Bonchev–Trinajstić information content (AvgIpc) is 2.84. The number of carbonyl (C=O) groups excluding carboxylic acids is 1. The van der Waals surface area contributed by atoms with Gasteiger partial charge in [0.1, 0.15) is 5.75 Å². The Hall–Kier alpha value is -2.44. The van der Waals surface area contributed by atoms with Crippen molar-refractivity contribution < 1.29 is 9.53 Å². The number of hydrogen-bond donors (Lipinski definition) is 1. The van der Waals surface area contributed by atoms with E-state index in [9.17, 15) is 4.79 Å². The van der Waals surface area contributed by atoms with Crippen LogP contribution in [0.15, 0.2) is 24.3 Å². The van der Waals surface area contributed by atoms with E-state index in [4.69, 9.17) is 4.74 Å². The van der Waals surface area contributed by atoms with Gasteiger partial charge < -0.3 is 4.74 Å². The number of aromatic nitrogens is 4. The lowest BCUT2D eigenvalue weighted by atomic mass is 10.2. The molecule has 0 saturated heterocycles. The van der Waals surface area contributed by atoms with E-state index in [0.29, 0.717) is 12.3 Å². The van der Waals surface area contributed by atoms with Gasteiger partial charge in [0, 0.05) is 0 Å². The molecule has 0 radical (unpaired) electrons. The van der Waals surface area contributed by atoms with E-state index < -0.39 is 0 Å². The van der Waals surface area contributed by atoms with E-state index >= 15 is 0 Å². The van der Waals surface area contributed by atoms with Crippen LogP contribution in [-0.4, -0.2) is 32.7 Å². The highest BCUT2D eigenvalue weighted by Crippen LogP contribution is 2.12. The number of amides is 1. The highest BCUT2D eigenvalue weighted by Gasteiger charge is 2.08. The van der Waals surface area contributed by atoms with Crippen LogP contribution in [-0.2, 0) is 11.3 Å². The van der Waals surface area contributed by atoms with Crippen LogP contribution in [0.2, 0.25) is 0 Å². The summed E-state index contributed by atoms with van der Waals surface area (Å²) in [4.78, 5) is 13.1. The monoisotopic (exact) mass is 275 g/mol. The van der Waals surface area contributed by atoms with Gasteiger partial charge in [0.2, 0.25) is 0 Å². The summed E-state index contributed by atoms with van der Waals surface area (Å²) in [6.07, 6.45) is 0.903. The zero-order valence-corrected chi connectivity index (χ0v) is 11.5. The number of aryl methyl sites for hydroxylation is 2. The molecule has 1 amide bonds. The van der Waals surface area contributed by atoms with Crippen LogP contribution in [0, 0.1) is 6.92 Å². The minimum atomic E-state index is -0.317. The summed E-state index contributed by atoms with van der Waals surface area (Å²) in [5, 5.41) is 14.1. The number of benzene rings is 1. The van der Waals surface area contributed by atoms with Crippen molar-refractivity contribution in [2.75, 3.05) is 11.9 Å². The van der Waals surface area contributed by atoms with Crippen molar-refractivity contribution in [1.82, 2.24) is 20.2 Å². The predicted molar refractivity (Wildman–Crippen MR) is 73.4 cm³/mol. The molecule has 0 fully saturated rings. The fraction of sp³-hybridized carbons (Fsp3) is 0.385. The quantitative estimate of drug-likeness (QED) is 0.862. The molecule has 0 aliphatic carbocycles. The molecule has 0 atom stereocenters. The minimum Gasteiger partial charge on any atom is -0.484 e. The summed E-state index contributed by atoms with van der Waals surface area (Å²) in [5.74, 6) is 0.529. The smallest absolute Gasteiger partial charge is 0.270 e. The first-order valence-electron chi connectivity index (χ1n) is 6.44. The van der Waals surface area contributed by atoms with Crippen molar-refractivity contribution >= 4 is 11.9 Å². The molecule has 0 unspecified atom stereocenters. The zero-order chi connectivity index (χ0) is 14.4. The first-order valence-corrected chi connectivity index (χ1v) is 6.44. The molecule has 0 aliphatic heterocycles. The number of anilines is 1. The summed E-state index contributed by atoms with van der Waals surface area (Å²) < 4.78 is 5.38. The average molecular weight is 275 g/mol. The molecule has 2 aromatic rings. The Morgan fingerprint density at radius 1 is 1.45 bits per heavy atom.